The summed E-state index contributed by atoms with van der Waals surface area (Å²) in [7, 11) is 0. The number of hydrogen-bond donors (Lipinski definition) is 1. The predicted octanol–water partition coefficient (Wildman–Crippen LogP) is 3.89. The van der Waals surface area contributed by atoms with Crippen LogP contribution in [0.15, 0.2) is 30.3 Å². The molecule has 7 heteroatoms. The number of hydrogen-bond acceptors (Lipinski definition) is 5. The van der Waals surface area contributed by atoms with Gasteiger partial charge in [-0.25, -0.2) is 4.79 Å². The number of nitro groups is 1. The first-order valence-corrected chi connectivity index (χ1v) is 9.20. The molecular weight excluding hydrogens is 360 g/mol. The summed E-state index contributed by atoms with van der Waals surface area (Å²) in [5.41, 5.74) is 4.15. The van der Waals surface area contributed by atoms with Gasteiger partial charge < -0.3 is 10.1 Å². The van der Waals surface area contributed by atoms with Crippen molar-refractivity contribution >= 4 is 23.3 Å². The highest BCUT2D eigenvalue weighted by Crippen LogP contribution is 2.30. The maximum absolute atomic E-state index is 12.3. The van der Waals surface area contributed by atoms with Gasteiger partial charge in [-0.3, -0.25) is 14.9 Å². The molecule has 3 rings (SSSR count). The van der Waals surface area contributed by atoms with Crippen molar-refractivity contribution in [2.45, 2.75) is 39.5 Å². The Morgan fingerprint density at radius 2 is 1.82 bits per heavy atom. The van der Waals surface area contributed by atoms with Gasteiger partial charge in [0.05, 0.1) is 10.5 Å². The molecule has 0 unspecified atom stereocenters. The van der Waals surface area contributed by atoms with Gasteiger partial charge in [-0.2, -0.15) is 0 Å². The van der Waals surface area contributed by atoms with Crippen LogP contribution in [0.3, 0.4) is 0 Å². The van der Waals surface area contributed by atoms with Gasteiger partial charge in [-0.1, -0.05) is 12.1 Å². The number of carbonyl (C=O) groups excluding carboxylic acids is 2. The largest absolute Gasteiger partial charge is 0.452 e. The number of nitrogens with zero attached hydrogens (tertiary/aromatic N) is 1. The molecule has 0 atom stereocenters. The minimum atomic E-state index is -0.622. The van der Waals surface area contributed by atoms with E-state index in [1.54, 1.807) is 26.0 Å². The summed E-state index contributed by atoms with van der Waals surface area (Å²) in [6.45, 7) is 2.97. The molecule has 2 aromatic carbocycles. The van der Waals surface area contributed by atoms with Crippen LogP contribution in [0.25, 0.3) is 0 Å². The van der Waals surface area contributed by atoms with E-state index in [0.717, 1.165) is 36.8 Å². The number of nitrogens with one attached hydrogen (secondary N) is 1. The Bertz CT molecular complexity index is 952. The maximum Gasteiger partial charge on any atom is 0.338 e. The number of rotatable bonds is 5. The number of fused-ring (bicyclic) bond motifs is 1. The van der Waals surface area contributed by atoms with E-state index in [1.807, 2.05) is 12.1 Å². The summed E-state index contributed by atoms with van der Waals surface area (Å²) < 4.78 is 5.10. The average molecular weight is 382 g/mol. The molecule has 146 valence electrons. The highest BCUT2D eigenvalue weighted by atomic mass is 16.6. The van der Waals surface area contributed by atoms with E-state index in [4.69, 9.17) is 4.74 Å². The van der Waals surface area contributed by atoms with Gasteiger partial charge in [0.2, 0.25) is 0 Å². The van der Waals surface area contributed by atoms with Crippen LogP contribution in [0.2, 0.25) is 0 Å². The molecule has 0 spiro atoms. The minimum Gasteiger partial charge on any atom is -0.452 e. The summed E-state index contributed by atoms with van der Waals surface area (Å²) in [5, 5.41) is 13.7. The van der Waals surface area contributed by atoms with Gasteiger partial charge in [0, 0.05) is 6.07 Å². The molecule has 1 N–H and O–H groups in total. The molecule has 0 bridgehead atoms. The second-order valence-corrected chi connectivity index (χ2v) is 6.97. The van der Waals surface area contributed by atoms with Gasteiger partial charge in [0.1, 0.15) is 5.69 Å². The van der Waals surface area contributed by atoms with Crippen LogP contribution < -0.4 is 5.32 Å². The number of ether oxygens (including phenoxy) is 1. The molecule has 0 aromatic heterocycles. The van der Waals surface area contributed by atoms with E-state index in [2.05, 4.69) is 5.32 Å². The first kappa shape index (κ1) is 19.5. The Balaban J connectivity index is 1.66. The summed E-state index contributed by atoms with van der Waals surface area (Å²) in [5.74, 6) is -1.21. The van der Waals surface area contributed by atoms with Gasteiger partial charge >= 0.3 is 5.97 Å². The lowest BCUT2D eigenvalue weighted by molar-refractivity contribution is -0.384. The molecule has 0 saturated heterocycles. The summed E-state index contributed by atoms with van der Waals surface area (Å²) in [6.07, 6.45) is 4.21. The third-order valence-electron chi connectivity index (χ3n) is 5.09. The Morgan fingerprint density at radius 3 is 2.54 bits per heavy atom. The highest BCUT2D eigenvalue weighted by molar-refractivity contribution is 5.97. The zero-order valence-corrected chi connectivity index (χ0v) is 15.9. The van der Waals surface area contributed by atoms with Gasteiger partial charge in [0.25, 0.3) is 11.6 Å². The fraction of sp³-hybridized carbons (Fsp3) is 0.333. The minimum absolute atomic E-state index is 0.125. The van der Waals surface area contributed by atoms with Crippen molar-refractivity contribution in [1.29, 1.82) is 0 Å². The molecule has 0 radical (unpaired) electrons. The van der Waals surface area contributed by atoms with Gasteiger partial charge in [0.15, 0.2) is 6.61 Å². The lowest BCUT2D eigenvalue weighted by atomic mass is 9.90. The third kappa shape index (κ3) is 4.19. The van der Waals surface area contributed by atoms with Crippen molar-refractivity contribution in [2.75, 3.05) is 11.9 Å². The van der Waals surface area contributed by atoms with Crippen LogP contribution in [-0.4, -0.2) is 23.4 Å². The molecule has 7 nitrogen and oxygen atoms in total. The number of anilines is 1. The van der Waals surface area contributed by atoms with E-state index in [1.165, 1.54) is 11.6 Å². The van der Waals surface area contributed by atoms with Crippen LogP contribution >= 0.6 is 0 Å². The Morgan fingerprint density at radius 1 is 1.11 bits per heavy atom. The zero-order valence-electron chi connectivity index (χ0n) is 15.9. The first-order valence-electron chi connectivity index (χ1n) is 9.20. The second-order valence-electron chi connectivity index (χ2n) is 6.97. The number of esters is 1. The van der Waals surface area contributed by atoms with Gasteiger partial charge in [-0.05, 0) is 73.9 Å². The quantitative estimate of drug-likeness (QED) is 0.481. The Hall–Kier alpha value is -3.22. The van der Waals surface area contributed by atoms with Crippen molar-refractivity contribution in [1.82, 2.24) is 0 Å². The topological polar surface area (TPSA) is 98.5 Å². The van der Waals surface area contributed by atoms with E-state index >= 15 is 0 Å². The van der Waals surface area contributed by atoms with E-state index in [0.29, 0.717) is 11.1 Å². The van der Waals surface area contributed by atoms with Crippen molar-refractivity contribution in [3.8, 4) is 0 Å². The van der Waals surface area contributed by atoms with E-state index in [-0.39, 0.29) is 11.4 Å². The predicted molar refractivity (Wildman–Crippen MR) is 105 cm³/mol. The molecule has 0 aliphatic heterocycles. The van der Waals surface area contributed by atoms with Crippen LogP contribution in [-0.2, 0) is 22.4 Å². The second kappa shape index (κ2) is 8.21. The summed E-state index contributed by atoms with van der Waals surface area (Å²) in [4.78, 5) is 35.1. The number of amides is 1. The number of nitro benzene ring substituents is 1. The molecular formula is C21H22N2O5. The zero-order chi connectivity index (χ0) is 20.3. The van der Waals surface area contributed by atoms with Crippen molar-refractivity contribution in [2.24, 2.45) is 0 Å². The van der Waals surface area contributed by atoms with Crippen LogP contribution in [0.5, 0.6) is 0 Å². The SMILES string of the molecule is Cc1ccc([N+](=O)[O-])c(NC(=O)COC(=O)c2ccc3c(c2)CCCC3)c1C. The molecule has 28 heavy (non-hydrogen) atoms. The fourth-order valence-electron chi connectivity index (χ4n) is 3.36. The lowest BCUT2D eigenvalue weighted by Gasteiger charge is -2.16. The lowest BCUT2D eigenvalue weighted by Crippen LogP contribution is -2.22. The number of carbonyl (C=O) groups is 2. The first-order chi connectivity index (χ1) is 13.4. The molecule has 1 aliphatic carbocycles. The van der Waals surface area contributed by atoms with E-state index in [9.17, 15) is 19.7 Å². The third-order valence-corrected chi connectivity index (χ3v) is 5.09. The monoisotopic (exact) mass is 382 g/mol. The number of aryl methyl sites for hydroxylation is 3. The van der Waals surface area contributed by atoms with Crippen LogP contribution in [0, 0.1) is 24.0 Å². The Kier molecular flexibility index (Phi) is 5.73. The highest BCUT2D eigenvalue weighted by Gasteiger charge is 2.20. The normalized spacial score (nSPS) is 12.8. The molecule has 1 aliphatic rings. The average Bonchev–Trinajstić information content (AvgIpc) is 2.69. The molecule has 0 saturated carbocycles. The molecule has 0 heterocycles. The van der Waals surface area contributed by atoms with E-state index < -0.39 is 23.4 Å². The Labute approximate surface area is 162 Å². The summed E-state index contributed by atoms with van der Waals surface area (Å²) in [6, 6.07) is 8.44. The van der Waals surface area contributed by atoms with Gasteiger partial charge in [-0.15, -0.1) is 0 Å². The van der Waals surface area contributed by atoms with Crippen LogP contribution in [0.1, 0.15) is 45.5 Å². The standard InChI is InChI=1S/C21H22N2O5/c1-13-7-10-18(23(26)27)20(14(13)2)22-19(24)12-28-21(25)17-9-8-15-5-3-4-6-16(15)11-17/h7-11H,3-6,12H2,1-2H3,(H,22,24). The smallest absolute Gasteiger partial charge is 0.338 e. The molecule has 1 amide bonds. The van der Waals surface area contributed by atoms with Crippen molar-refractivity contribution < 1.29 is 19.2 Å². The van der Waals surface area contributed by atoms with Crippen LogP contribution in [0.4, 0.5) is 11.4 Å². The maximum atomic E-state index is 12.3. The number of benzene rings is 2. The molecule has 0 fully saturated rings. The van der Waals surface area contributed by atoms with Crippen molar-refractivity contribution in [3.05, 3.63) is 68.3 Å². The fourth-order valence-corrected chi connectivity index (χ4v) is 3.36. The summed E-state index contributed by atoms with van der Waals surface area (Å²) >= 11 is 0. The van der Waals surface area contributed by atoms with Crippen molar-refractivity contribution in [3.63, 3.8) is 0 Å². The molecule has 2 aromatic rings.